The quantitative estimate of drug-likeness (QED) is 0.442. The Morgan fingerprint density at radius 1 is 0.633 bits per heavy atom. The van der Waals surface area contributed by atoms with E-state index in [1.807, 2.05) is 54.6 Å². The average Bonchev–Trinajstić information content (AvgIpc) is 2.79. The Bertz CT molecular complexity index is 962. The summed E-state index contributed by atoms with van der Waals surface area (Å²) in [6.07, 6.45) is 3.68. The van der Waals surface area contributed by atoms with Gasteiger partial charge in [0, 0.05) is 5.75 Å². The molecule has 0 aromatic heterocycles. The first kappa shape index (κ1) is 21.2. The van der Waals surface area contributed by atoms with E-state index in [4.69, 9.17) is 0 Å². The van der Waals surface area contributed by atoms with Gasteiger partial charge in [-0.3, -0.25) is 4.55 Å². The third-order valence-electron chi connectivity index (χ3n) is 6.23. The molecule has 4 rings (SSSR count). The van der Waals surface area contributed by atoms with Crippen LogP contribution in [0.3, 0.4) is 0 Å². The van der Waals surface area contributed by atoms with Crippen LogP contribution in [0.4, 0.5) is 0 Å². The highest BCUT2D eigenvalue weighted by Gasteiger charge is 2.49. The predicted molar refractivity (Wildman–Crippen MR) is 124 cm³/mol. The Morgan fingerprint density at radius 3 is 1.33 bits per heavy atom. The molecule has 5 heteroatoms. The van der Waals surface area contributed by atoms with E-state index < -0.39 is 24.9 Å². The number of hydrogen-bond acceptors (Lipinski definition) is 2. The number of hydrogen-bond donors (Lipinski definition) is 1. The fourth-order valence-corrected chi connectivity index (χ4v) is 10.9. The molecule has 3 aromatic carbocycles. The predicted octanol–water partition coefficient (Wildman–Crippen LogP) is 6.56. The van der Waals surface area contributed by atoms with Crippen LogP contribution in [0, 0.1) is 0 Å². The molecule has 0 aliphatic heterocycles. The van der Waals surface area contributed by atoms with Crippen molar-refractivity contribution in [3.05, 3.63) is 91.0 Å². The molecular weight excluding hydrogens is 412 g/mol. The van der Waals surface area contributed by atoms with Crippen LogP contribution in [0.2, 0.25) is 0 Å². The maximum atomic E-state index is 12.8. The van der Waals surface area contributed by atoms with E-state index in [2.05, 4.69) is 36.4 Å². The van der Waals surface area contributed by atoms with E-state index in [0.717, 1.165) is 33.9 Å². The molecule has 0 atom stereocenters. The van der Waals surface area contributed by atoms with Crippen molar-refractivity contribution in [1.29, 1.82) is 0 Å². The molecule has 0 spiro atoms. The molecule has 1 aliphatic rings. The van der Waals surface area contributed by atoms with Crippen LogP contribution < -0.4 is 0 Å². The molecule has 1 N–H and O–H groups in total. The van der Waals surface area contributed by atoms with E-state index in [9.17, 15) is 13.0 Å². The molecule has 0 bridgehead atoms. The van der Waals surface area contributed by atoms with Crippen LogP contribution in [0.1, 0.15) is 32.1 Å². The molecule has 1 aliphatic carbocycles. The second kappa shape index (κ2) is 8.58. The van der Waals surface area contributed by atoms with Gasteiger partial charge in [-0.05, 0) is 63.9 Å². The zero-order chi connectivity index (χ0) is 21.1. The Kier molecular flexibility index (Phi) is 6.05. The highest BCUT2D eigenvalue weighted by molar-refractivity contribution is 8.34. The first-order valence-corrected chi connectivity index (χ1v) is 13.7. The maximum Gasteiger partial charge on any atom is 0.271 e. The minimum Gasteiger partial charge on any atom is -0.285 e. The fourth-order valence-electron chi connectivity index (χ4n) is 4.68. The summed E-state index contributed by atoms with van der Waals surface area (Å²) in [5, 5.41) is 0. The summed E-state index contributed by atoms with van der Waals surface area (Å²) < 4.78 is 35.1. The summed E-state index contributed by atoms with van der Waals surface area (Å²) in [4.78, 5) is 3.36. The van der Waals surface area contributed by atoms with Crippen molar-refractivity contribution in [2.24, 2.45) is 0 Å². The van der Waals surface area contributed by atoms with Crippen LogP contribution in [0.25, 0.3) is 0 Å². The molecule has 0 saturated heterocycles. The Balaban J connectivity index is 2.02. The molecule has 158 valence electrons. The third-order valence-corrected chi connectivity index (χ3v) is 12.3. The lowest BCUT2D eigenvalue weighted by Gasteiger charge is -2.48. The zero-order valence-electron chi connectivity index (χ0n) is 17.0. The maximum absolute atomic E-state index is 12.8. The summed E-state index contributed by atoms with van der Waals surface area (Å²) in [6.45, 7) is 0. The third kappa shape index (κ3) is 3.82. The van der Waals surface area contributed by atoms with Gasteiger partial charge in [0.15, 0.2) is 0 Å². The average molecular weight is 441 g/mol. The molecule has 1 saturated carbocycles. The summed E-state index contributed by atoms with van der Waals surface area (Å²) >= 11 is 0. The molecule has 3 aromatic rings. The molecule has 0 heterocycles. The Morgan fingerprint density at radius 2 is 1.00 bits per heavy atom. The highest BCUT2D eigenvalue weighted by atomic mass is 32.3. The van der Waals surface area contributed by atoms with Crippen LogP contribution in [-0.2, 0) is 10.1 Å². The topological polar surface area (TPSA) is 54.4 Å². The summed E-state index contributed by atoms with van der Waals surface area (Å²) in [6, 6.07) is 30.7. The standard InChI is InChI=1S/C25H28O3S2/c26-30(27,28)25(19-11-4-12-20-25)21-29(22-13-5-1-6-14-22,23-15-7-2-8-16-23)24-17-9-3-10-18-24/h1-3,5-10,13-18H,4,11-12,19-21H2,(H,26,27,28). The van der Waals surface area contributed by atoms with Crippen molar-refractivity contribution in [2.45, 2.75) is 51.5 Å². The Hall–Kier alpha value is -2.08. The molecule has 30 heavy (non-hydrogen) atoms. The fraction of sp³-hybridized carbons (Fsp3) is 0.280. The van der Waals surface area contributed by atoms with Crippen molar-refractivity contribution < 1.29 is 13.0 Å². The van der Waals surface area contributed by atoms with E-state index in [1.54, 1.807) is 0 Å². The van der Waals surface area contributed by atoms with E-state index in [-0.39, 0.29) is 0 Å². The van der Waals surface area contributed by atoms with Crippen LogP contribution in [0.5, 0.6) is 0 Å². The van der Waals surface area contributed by atoms with Crippen LogP contribution in [0.15, 0.2) is 106 Å². The van der Waals surface area contributed by atoms with Crippen molar-refractivity contribution in [2.75, 3.05) is 5.75 Å². The lowest BCUT2D eigenvalue weighted by molar-refractivity contribution is 0.360. The first-order chi connectivity index (χ1) is 14.5. The van der Waals surface area contributed by atoms with Crippen molar-refractivity contribution in [3.8, 4) is 0 Å². The van der Waals surface area contributed by atoms with Gasteiger partial charge in [-0.1, -0.05) is 73.9 Å². The van der Waals surface area contributed by atoms with Gasteiger partial charge in [-0.15, -0.1) is 0 Å². The van der Waals surface area contributed by atoms with Gasteiger partial charge in [0.25, 0.3) is 10.1 Å². The van der Waals surface area contributed by atoms with E-state index in [1.165, 1.54) is 0 Å². The number of benzene rings is 3. The van der Waals surface area contributed by atoms with Gasteiger partial charge in [-0.2, -0.15) is 18.4 Å². The second-order valence-electron chi connectivity index (χ2n) is 8.04. The van der Waals surface area contributed by atoms with E-state index in [0.29, 0.717) is 18.6 Å². The van der Waals surface area contributed by atoms with Crippen molar-refractivity contribution in [3.63, 3.8) is 0 Å². The zero-order valence-corrected chi connectivity index (χ0v) is 18.6. The largest absolute Gasteiger partial charge is 0.285 e. The van der Waals surface area contributed by atoms with Gasteiger partial charge >= 0.3 is 0 Å². The highest BCUT2D eigenvalue weighted by Crippen LogP contribution is 2.70. The lowest BCUT2D eigenvalue weighted by Crippen LogP contribution is -2.45. The minimum atomic E-state index is -4.22. The molecule has 0 unspecified atom stereocenters. The normalized spacial score (nSPS) is 17.4. The van der Waals surface area contributed by atoms with Gasteiger partial charge in [-0.25, -0.2) is 0 Å². The van der Waals surface area contributed by atoms with Gasteiger partial charge in [0.1, 0.15) is 4.75 Å². The lowest BCUT2D eigenvalue weighted by atomic mass is 9.90. The molecule has 1 fully saturated rings. The van der Waals surface area contributed by atoms with Gasteiger partial charge in [0.2, 0.25) is 0 Å². The van der Waals surface area contributed by atoms with Gasteiger partial charge < -0.3 is 0 Å². The molecular formula is C25H28O3S2. The van der Waals surface area contributed by atoms with Crippen LogP contribution >= 0.6 is 10.0 Å². The minimum absolute atomic E-state index is 0.400. The smallest absolute Gasteiger partial charge is 0.271 e. The number of rotatable bonds is 6. The second-order valence-corrected chi connectivity index (χ2v) is 13.0. The Labute approximate surface area is 181 Å². The molecule has 0 radical (unpaired) electrons. The molecule has 3 nitrogen and oxygen atoms in total. The van der Waals surface area contributed by atoms with Crippen molar-refractivity contribution in [1.82, 2.24) is 0 Å². The van der Waals surface area contributed by atoms with Crippen molar-refractivity contribution >= 4 is 20.1 Å². The van der Waals surface area contributed by atoms with E-state index >= 15 is 0 Å². The summed E-state index contributed by atoms with van der Waals surface area (Å²) in [5.41, 5.74) is 0. The summed E-state index contributed by atoms with van der Waals surface area (Å²) in [7, 11) is -6.14. The van der Waals surface area contributed by atoms with Crippen LogP contribution in [-0.4, -0.2) is 23.5 Å². The monoisotopic (exact) mass is 440 g/mol. The van der Waals surface area contributed by atoms with Gasteiger partial charge in [0.05, 0.1) is 0 Å². The summed E-state index contributed by atoms with van der Waals surface area (Å²) in [5.74, 6) is 0.400. The first-order valence-electron chi connectivity index (χ1n) is 10.4. The SMILES string of the molecule is O=S(=O)(O)C1(CS(c2ccccc2)(c2ccccc2)c2ccccc2)CCCCC1. The molecule has 0 amide bonds.